The molecule has 4 aromatic carbocycles. The second-order valence-electron chi connectivity index (χ2n) is 7.59. The van der Waals surface area contributed by atoms with Crippen LogP contribution in [0.3, 0.4) is 0 Å². The summed E-state index contributed by atoms with van der Waals surface area (Å²) in [6.07, 6.45) is 2.11. The molecule has 6 aromatic rings. The van der Waals surface area contributed by atoms with Gasteiger partial charge < -0.3 is 9.41 Å². The molecule has 6 rings (SSSR count). The Kier molecular flexibility index (Phi) is 2.81. The highest BCUT2D eigenvalue weighted by Gasteiger charge is 2.12. The summed E-state index contributed by atoms with van der Waals surface area (Å²) in [5.41, 5.74) is 2.35. The van der Waals surface area contributed by atoms with Crippen LogP contribution in [0.5, 0.6) is 0 Å². The molecular formula is C25H17N3. The Morgan fingerprint density at radius 3 is 1.96 bits per heavy atom. The zero-order valence-electron chi connectivity index (χ0n) is 15.7. The van der Waals surface area contributed by atoms with Crippen molar-refractivity contribution in [2.75, 3.05) is 0 Å². The number of rotatable bonds is 0. The van der Waals surface area contributed by atoms with E-state index in [4.69, 9.17) is 6.57 Å². The molecule has 28 heavy (non-hydrogen) atoms. The van der Waals surface area contributed by atoms with Crippen LogP contribution in [0.1, 0.15) is 0 Å². The van der Waals surface area contributed by atoms with Gasteiger partial charge in [-0.15, -0.1) is 0 Å². The summed E-state index contributed by atoms with van der Waals surface area (Å²) in [7, 11) is 4.06. The molecule has 3 heteroatoms. The average Bonchev–Trinajstić information content (AvgIpc) is 3.23. The smallest absolute Gasteiger partial charge is 0.231 e. The maximum atomic E-state index is 7.39. The van der Waals surface area contributed by atoms with Crippen LogP contribution >= 0.6 is 0 Å². The highest BCUT2D eigenvalue weighted by atomic mass is 15.0. The Balaban J connectivity index is 1.78. The minimum Gasteiger partial charge on any atom is -0.364 e. The standard InChI is InChI=1S/C25H17N3/c1-26-25-12-18-11-16-5-7-19-20(22(16)14-24(18)28(25)3)6-4-15-10-17-8-9-27(2)23(17)13-21(15)19/h4-14H,2-3H3. The van der Waals surface area contributed by atoms with Crippen LogP contribution in [-0.2, 0) is 14.1 Å². The lowest BCUT2D eigenvalue weighted by molar-refractivity contribution is 0.970. The first kappa shape index (κ1) is 15.3. The van der Waals surface area contributed by atoms with E-state index in [0.717, 1.165) is 10.9 Å². The Bertz CT molecular complexity index is 1640. The van der Waals surface area contributed by atoms with E-state index < -0.39 is 0 Å². The van der Waals surface area contributed by atoms with Crippen LogP contribution in [0.25, 0.3) is 59.0 Å². The summed E-state index contributed by atoms with van der Waals surface area (Å²) < 4.78 is 4.16. The fourth-order valence-corrected chi connectivity index (χ4v) is 4.57. The van der Waals surface area contributed by atoms with E-state index in [1.54, 1.807) is 0 Å². The molecule has 132 valence electrons. The summed E-state index contributed by atoms with van der Waals surface area (Å²) in [4.78, 5) is 3.64. The van der Waals surface area contributed by atoms with Gasteiger partial charge in [0.15, 0.2) is 0 Å². The molecule has 2 heterocycles. The van der Waals surface area contributed by atoms with Crippen LogP contribution in [0.2, 0.25) is 0 Å². The van der Waals surface area contributed by atoms with E-state index in [2.05, 4.69) is 77.3 Å². The number of hydrogen-bond acceptors (Lipinski definition) is 0. The molecule has 2 aromatic heterocycles. The number of nitrogens with zero attached hydrogens (tertiary/aromatic N) is 3. The average molecular weight is 359 g/mol. The highest BCUT2D eigenvalue weighted by molar-refractivity contribution is 6.20. The monoisotopic (exact) mass is 359 g/mol. The van der Waals surface area contributed by atoms with Crippen molar-refractivity contribution in [2.45, 2.75) is 0 Å². The Hall–Kier alpha value is -3.77. The number of aromatic nitrogens is 2. The van der Waals surface area contributed by atoms with Crippen LogP contribution in [0.15, 0.2) is 66.9 Å². The van der Waals surface area contributed by atoms with Gasteiger partial charge in [-0.2, -0.15) is 0 Å². The molecule has 0 aliphatic heterocycles. The lowest BCUT2D eigenvalue weighted by Gasteiger charge is -2.09. The third kappa shape index (κ3) is 1.87. The molecule has 0 saturated carbocycles. The second kappa shape index (κ2) is 5.15. The van der Waals surface area contributed by atoms with Crippen molar-refractivity contribution in [1.82, 2.24) is 9.13 Å². The third-order valence-electron chi connectivity index (χ3n) is 6.09. The van der Waals surface area contributed by atoms with Crippen molar-refractivity contribution in [3.63, 3.8) is 0 Å². The molecule has 0 aliphatic rings. The molecule has 0 amide bonds. The molecule has 0 saturated heterocycles. The first-order chi connectivity index (χ1) is 13.6. The topological polar surface area (TPSA) is 14.2 Å². The van der Waals surface area contributed by atoms with Crippen molar-refractivity contribution in [3.05, 3.63) is 78.3 Å². The summed E-state index contributed by atoms with van der Waals surface area (Å²) in [5.74, 6) is 0.672. The Labute approximate surface area is 161 Å². The van der Waals surface area contributed by atoms with Gasteiger partial charge in [0, 0.05) is 29.5 Å². The van der Waals surface area contributed by atoms with Gasteiger partial charge >= 0.3 is 0 Å². The van der Waals surface area contributed by atoms with E-state index in [-0.39, 0.29) is 0 Å². The summed E-state index contributed by atoms with van der Waals surface area (Å²) in [5, 5.41) is 9.90. The first-order valence-corrected chi connectivity index (χ1v) is 9.35. The Morgan fingerprint density at radius 2 is 1.29 bits per heavy atom. The molecule has 0 spiro atoms. The van der Waals surface area contributed by atoms with Gasteiger partial charge in [-0.25, -0.2) is 0 Å². The summed E-state index contributed by atoms with van der Waals surface area (Å²) >= 11 is 0. The maximum absolute atomic E-state index is 7.39. The van der Waals surface area contributed by atoms with Crippen LogP contribution in [0, 0.1) is 6.57 Å². The van der Waals surface area contributed by atoms with Gasteiger partial charge in [0.2, 0.25) is 5.82 Å². The molecule has 0 radical (unpaired) electrons. The molecule has 0 aliphatic carbocycles. The van der Waals surface area contributed by atoms with E-state index in [0.29, 0.717) is 5.82 Å². The SMILES string of the molecule is [C-]#[N+]c1cc2cc3ccc4c5cc6c(ccn6C)cc5ccc4c3cc2n1C. The fraction of sp³-hybridized carbons (Fsp3) is 0.0800. The zero-order chi connectivity index (χ0) is 19.0. The van der Waals surface area contributed by atoms with Crippen molar-refractivity contribution in [3.8, 4) is 0 Å². The first-order valence-electron chi connectivity index (χ1n) is 9.35. The lowest BCUT2D eigenvalue weighted by Crippen LogP contribution is -1.87. The molecule has 0 N–H and O–H groups in total. The number of hydrogen-bond donors (Lipinski definition) is 0. The van der Waals surface area contributed by atoms with E-state index in [1.165, 1.54) is 43.2 Å². The quantitative estimate of drug-likeness (QED) is 0.212. The van der Waals surface area contributed by atoms with Crippen molar-refractivity contribution in [2.24, 2.45) is 14.1 Å². The van der Waals surface area contributed by atoms with Gasteiger partial charge in [0.05, 0.1) is 7.05 Å². The molecule has 0 unspecified atom stereocenters. The predicted octanol–water partition coefficient (Wildman–Crippen LogP) is 6.68. The third-order valence-corrected chi connectivity index (χ3v) is 6.09. The highest BCUT2D eigenvalue weighted by Crippen LogP contribution is 2.36. The van der Waals surface area contributed by atoms with Crippen molar-refractivity contribution < 1.29 is 0 Å². The van der Waals surface area contributed by atoms with E-state index >= 15 is 0 Å². The molecular weight excluding hydrogens is 342 g/mol. The fourth-order valence-electron chi connectivity index (χ4n) is 4.57. The van der Waals surface area contributed by atoms with Gasteiger partial charge in [0.25, 0.3) is 0 Å². The molecule has 0 fully saturated rings. The van der Waals surface area contributed by atoms with E-state index in [9.17, 15) is 0 Å². The number of fused-ring (bicyclic) bond motifs is 7. The van der Waals surface area contributed by atoms with Crippen LogP contribution in [0.4, 0.5) is 5.82 Å². The maximum Gasteiger partial charge on any atom is 0.231 e. The van der Waals surface area contributed by atoms with Gasteiger partial charge in [-0.05, 0) is 68.7 Å². The summed E-state index contributed by atoms with van der Waals surface area (Å²) in [6, 6.07) is 22.0. The van der Waals surface area contributed by atoms with E-state index in [1.807, 2.05) is 17.7 Å². The van der Waals surface area contributed by atoms with Gasteiger partial charge in [0.1, 0.15) is 5.52 Å². The normalized spacial score (nSPS) is 11.9. The second-order valence-corrected chi connectivity index (χ2v) is 7.59. The lowest BCUT2D eigenvalue weighted by atomic mass is 9.95. The van der Waals surface area contributed by atoms with Gasteiger partial charge in [-0.1, -0.05) is 30.8 Å². The van der Waals surface area contributed by atoms with Crippen LogP contribution in [-0.4, -0.2) is 9.13 Å². The largest absolute Gasteiger partial charge is 0.364 e. The molecule has 0 atom stereocenters. The predicted molar refractivity (Wildman–Crippen MR) is 118 cm³/mol. The number of aryl methyl sites for hydroxylation is 2. The summed E-state index contributed by atoms with van der Waals surface area (Å²) in [6.45, 7) is 7.39. The molecule has 3 nitrogen and oxygen atoms in total. The number of benzene rings is 4. The minimum atomic E-state index is 0.672. The van der Waals surface area contributed by atoms with Crippen molar-refractivity contribution >= 4 is 59.9 Å². The van der Waals surface area contributed by atoms with Crippen LogP contribution < -0.4 is 0 Å². The Morgan fingerprint density at radius 1 is 0.643 bits per heavy atom. The molecule has 0 bridgehead atoms. The minimum absolute atomic E-state index is 0.672. The van der Waals surface area contributed by atoms with Gasteiger partial charge in [-0.3, -0.25) is 4.57 Å². The van der Waals surface area contributed by atoms with Crippen molar-refractivity contribution in [1.29, 1.82) is 0 Å². The zero-order valence-corrected chi connectivity index (χ0v) is 15.7.